The minimum absolute atomic E-state index is 0.0247. The number of anilines is 1. The van der Waals surface area contributed by atoms with E-state index in [9.17, 15) is 14.9 Å². The van der Waals surface area contributed by atoms with Gasteiger partial charge in [-0.2, -0.15) is 0 Å². The molecule has 1 aliphatic heterocycles. The van der Waals surface area contributed by atoms with Crippen LogP contribution >= 0.6 is 0 Å². The number of rotatable bonds is 4. The van der Waals surface area contributed by atoms with Gasteiger partial charge in [0.15, 0.2) is 0 Å². The van der Waals surface area contributed by atoms with Crippen molar-refractivity contribution in [2.75, 3.05) is 31.6 Å². The van der Waals surface area contributed by atoms with E-state index in [2.05, 4.69) is 5.32 Å². The molecule has 25 heavy (non-hydrogen) atoms. The zero-order valence-corrected chi connectivity index (χ0v) is 14.4. The van der Waals surface area contributed by atoms with Gasteiger partial charge in [-0.25, -0.2) is 0 Å². The van der Waals surface area contributed by atoms with Gasteiger partial charge in [-0.15, -0.1) is 0 Å². The molecule has 1 saturated heterocycles. The Morgan fingerprint density at radius 1 is 1.16 bits per heavy atom. The summed E-state index contributed by atoms with van der Waals surface area (Å²) in [5.41, 5.74) is 0.846. The van der Waals surface area contributed by atoms with E-state index in [1.165, 1.54) is 18.9 Å². The molecule has 1 amide bonds. The first-order valence-electron chi connectivity index (χ1n) is 9.07. The van der Waals surface area contributed by atoms with E-state index in [-0.39, 0.29) is 17.6 Å². The number of benzene rings is 1. The molecule has 136 valence electrons. The van der Waals surface area contributed by atoms with Crippen molar-refractivity contribution in [1.82, 2.24) is 4.90 Å². The number of hydrogen-bond donors (Lipinski definition) is 1. The Kier molecular flexibility index (Phi) is 5.86. The summed E-state index contributed by atoms with van der Waals surface area (Å²) in [5, 5.41) is 14.8. The van der Waals surface area contributed by atoms with E-state index in [4.69, 9.17) is 4.74 Å². The summed E-state index contributed by atoms with van der Waals surface area (Å²) in [6, 6.07) is 5.03. The van der Waals surface area contributed by atoms with E-state index in [1.54, 1.807) is 17.0 Å². The fourth-order valence-corrected chi connectivity index (χ4v) is 3.53. The number of nitrogens with one attached hydrogen (secondary N) is 1. The van der Waals surface area contributed by atoms with Gasteiger partial charge in [0.2, 0.25) is 0 Å². The largest absolute Gasteiger partial charge is 0.378 e. The highest BCUT2D eigenvalue weighted by molar-refractivity contribution is 5.95. The summed E-state index contributed by atoms with van der Waals surface area (Å²) < 4.78 is 5.25. The lowest BCUT2D eigenvalue weighted by Crippen LogP contribution is -2.40. The summed E-state index contributed by atoms with van der Waals surface area (Å²) in [6.07, 6.45) is 6.83. The van der Waals surface area contributed by atoms with Crippen molar-refractivity contribution in [3.8, 4) is 0 Å². The second-order valence-corrected chi connectivity index (χ2v) is 6.73. The number of carbonyl (C=O) groups is 1. The van der Waals surface area contributed by atoms with Gasteiger partial charge in [0, 0.05) is 30.8 Å². The lowest BCUT2D eigenvalue weighted by Gasteiger charge is -2.27. The molecule has 0 unspecified atom stereocenters. The quantitative estimate of drug-likeness (QED) is 0.513. The van der Waals surface area contributed by atoms with Crippen LogP contribution in [0, 0.1) is 10.1 Å². The second kappa shape index (κ2) is 8.29. The van der Waals surface area contributed by atoms with Gasteiger partial charge in [0.25, 0.3) is 11.6 Å². The monoisotopic (exact) mass is 347 g/mol. The number of nitro benzene ring substituents is 1. The van der Waals surface area contributed by atoms with E-state index in [0.29, 0.717) is 37.6 Å². The standard InChI is InChI=1S/C18H25N3O4/c22-18(20-9-11-25-12-10-20)14-7-8-16(17(13-14)21(23)24)19-15-5-3-1-2-4-6-15/h7-8,13,15,19H,1-6,9-12H2. The maximum Gasteiger partial charge on any atom is 0.293 e. The van der Waals surface area contributed by atoms with Gasteiger partial charge in [0.1, 0.15) is 5.69 Å². The van der Waals surface area contributed by atoms with Crippen molar-refractivity contribution in [1.29, 1.82) is 0 Å². The van der Waals surface area contributed by atoms with Crippen LogP contribution in [0.4, 0.5) is 11.4 Å². The van der Waals surface area contributed by atoms with E-state index in [1.807, 2.05) is 0 Å². The predicted molar refractivity (Wildman–Crippen MR) is 94.9 cm³/mol. The smallest absolute Gasteiger partial charge is 0.293 e. The molecule has 7 nitrogen and oxygen atoms in total. The fraction of sp³-hybridized carbons (Fsp3) is 0.611. The fourth-order valence-electron chi connectivity index (χ4n) is 3.53. The highest BCUT2D eigenvalue weighted by Gasteiger charge is 2.24. The zero-order valence-electron chi connectivity index (χ0n) is 14.4. The lowest BCUT2D eigenvalue weighted by atomic mass is 10.1. The van der Waals surface area contributed by atoms with Crippen LogP contribution in [0.25, 0.3) is 0 Å². The first kappa shape index (κ1) is 17.7. The third-order valence-electron chi connectivity index (χ3n) is 4.95. The van der Waals surface area contributed by atoms with Crippen molar-refractivity contribution in [3.05, 3.63) is 33.9 Å². The Hall–Kier alpha value is -2.15. The average Bonchev–Trinajstić information content (AvgIpc) is 2.90. The third-order valence-corrected chi connectivity index (χ3v) is 4.95. The average molecular weight is 347 g/mol. The Morgan fingerprint density at radius 2 is 1.84 bits per heavy atom. The molecule has 1 N–H and O–H groups in total. The normalized spacial score (nSPS) is 19.3. The van der Waals surface area contributed by atoms with Gasteiger partial charge in [0.05, 0.1) is 18.1 Å². The van der Waals surface area contributed by atoms with Gasteiger partial charge >= 0.3 is 0 Å². The first-order valence-corrected chi connectivity index (χ1v) is 9.07. The highest BCUT2D eigenvalue weighted by Crippen LogP contribution is 2.29. The molecule has 1 aromatic carbocycles. The number of morpholine rings is 1. The van der Waals surface area contributed by atoms with E-state index < -0.39 is 4.92 Å². The minimum Gasteiger partial charge on any atom is -0.378 e. The number of ether oxygens (including phenoxy) is 1. The number of amides is 1. The molecule has 0 spiro atoms. The Bertz CT molecular complexity index is 621. The minimum atomic E-state index is -0.408. The van der Waals surface area contributed by atoms with Crippen LogP contribution in [-0.2, 0) is 4.74 Å². The van der Waals surface area contributed by atoms with Crippen LogP contribution in [0.5, 0.6) is 0 Å². The maximum atomic E-state index is 12.5. The molecule has 1 aromatic rings. The van der Waals surface area contributed by atoms with Crippen LogP contribution < -0.4 is 5.32 Å². The Labute approximate surface area is 147 Å². The summed E-state index contributed by atoms with van der Waals surface area (Å²) in [6.45, 7) is 2.06. The van der Waals surface area contributed by atoms with E-state index >= 15 is 0 Å². The highest BCUT2D eigenvalue weighted by atomic mass is 16.6. The molecule has 2 aliphatic rings. The number of nitro groups is 1. The third kappa shape index (κ3) is 4.48. The van der Waals surface area contributed by atoms with Crippen LogP contribution in [-0.4, -0.2) is 48.1 Å². The molecule has 0 bridgehead atoms. The number of nitrogens with zero attached hydrogens (tertiary/aromatic N) is 2. The molecule has 0 aromatic heterocycles. The van der Waals surface area contributed by atoms with Gasteiger partial charge in [-0.3, -0.25) is 14.9 Å². The topological polar surface area (TPSA) is 84.7 Å². The summed E-state index contributed by atoms with van der Waals surface area (Å²) in [4.78, 5) is 25.3. The zero-order chi connectivity index (χ0) is 17.6. The molecule has 0 atom stereocenters. The number of hydrogen-bond acceptors (Lipinski definition) is 5. The summed E-state index contributed by atoms with van der Waals surface area (Å²) in [7, 11) is 0. The first-order chi connectivity index (χ1) is 12.1. The van der Waals surface area contributed by atoms with Gasteiger partial charge < -0.3 is 15.0 Å². The molecule has 3 rings (SSSR count). The lowest BCUT2D eigenvalue weighted by molar-refractivity contribution is -0.384. The van der Waals surface area contributed by atoms with Crippen molar-refractivity contribution < 1.29 is 14.5 Å². The molecule has 7 heteroatoms. The number of carbonyl (C=O) groups excluding carboxylic acids is 1. The maximum absolute atomic E-state index is 12.5. The molecular formula is C18H25N3O4. The van der Waals surface area contributed by atoms with Crippen molar-refractivity contribution >= 4 is 17.3 Å². The van der Waals surface area contributed by atoms with Crippen LogP contribution in [0.3, 0.4) is 0 Å². The molecular weight excluding hydrogens is 322 g/mol. The van der Waals surface area contributed by atoms with Crippen molar-refractivity contribution in [2.24, 2.45) is 0 Å². The molecule has 2 fully saturated rings. The molecule has 1 saturated carbocycles. The Morgan fingerprint density at radius 3 is 2.48 bits per heavy atom. The van der Waals surface area contributed by atoms with Crippen molar-refractivity contribution in [3.63, 3.8) is 0 Å². The van der Waals surface area contributed by atoms with Crippen LogP contribution in [0.1, 0.15) is 48.9 Å². The predicted octanol–water partition coefficient (Wildman–Crippen LogP) is 3.20. The van der Waals surface area contributed by atoms with Crippen LogP contribution in [0.15, 0.2) is 18.2 Å². The Balaban J connectivity index is 1.77. The summed E-state index contributed by atoms with van der Waals surface area (Å²) in [5.74, 6) is -0.174. The molecule has 0 radical (unpaired) electrons. The van der Waals surface area contributed by atoms with E-state index in [0.717, 1.165) is 25.7 Å². The summed E-state index contributed by atoms with van der Waals surface area (Å²) >= 11 is 0. The van der Waals surface area contributed by atoms with Gasteiger partial charge in [-0.05, 0) is 25.0 Å². The molecule has 1 heterocycles. The molecule has 1 aliphatic carbocycles. The second-order valence-electron chi connectivity index (χ2n) is 6.73. The SMILES string of the molecule is O=C(c1ccc(NC2CCCCCC2)c([N+](=O)[O-])c1)N1CCOCC1. The van der Waals surface area contributed by atoms with Crippen molar-refractivity contribution in [2.45, 2.75) is 44.6 Å². The van der Waals surface area contributed by atoms with Crippen LogP contribution in [0.2, 0.25) is 0 Å². The van der Waals surface area contributed by atoms with Gasteiger partial charge in [-0.1, -0.05) is 25.7 Å².